The molecule has 0 aliphatic carbocycles. The Morgan fingerprint density at radius 3 is 2.62 bits per heavy atom. The molecule has 134 valence electrons. The molecule has 0 saturated heterocycles. The summed E-state index contributed by atoms with van der Waals surface area (Å²) in [6.07, 6.45) is 0. The molecule has 26 heavy (non-hydrogen) atoms. The van der Waals surface area contributed by atoms with Gasteiger partial charge >= 0.3 is 5.97 Å². The summed E-state index contributed by atoms with van der Waals surface area (Å²) >= 11 is 1.14. The van der Waals surface area contributed by atoms with E-state index < -0.39 is 16.7 Å². The molecule has 0 N–H and O–H groups in total. The summed E-state index contributed by atoms with van der Waals surface area (Å²) in [5.74, 6) is -0.604. The number of ether oxygens (including phenoxy) is 2. The maximum atomic E-state index is 14.3. The number of halogens is 1. The largest absolute Gasteiger partial charge is 0.489 e. The number of non-ortho nitro benzene ring substituents is 1. The minimum atomic E-state index is -0.532. The van der Waals surface area contributed by atoms with Crippen LogP contribution in [0.4, 0.5) is 10.1 Å². The van der Waals surface area contributed by atoms with Gasteiger partial charge in [-0.2, -0.15) is 0 Å². The van der Waals surface area contributed by atoms with Crippen molar-refractivity contribution in [2.75, 3.05) is 6.61 Å². The molecule has 0 aliphatic heterocycles. The van der Waals surface area contributed by atoms with Crippen molar-refractivity contribution in [3.8, 4) is 5.75 Å². The van der Waals surface area contributed by atoms with Gasteiger partial charge in [0, 0.05) is 27.8 Å². The number of nitro groups is 1. The third-order valence-corrected chi connectivity index (χ3v) is 4.83. The summed E-state index contributed by atoms with van der Waals surface area (Å²) in [6.45, 7) is 1.84. The third-order valence-electron chi connectivity index (χ3n) is 3.65. The number of fused-ring (bicyclic) bond motifs is 1. The SMILES string of the molecule is CCOC(=O)c1sc2cccc(F)c2c1COc1ccc([N+](=O)[O-])cc1. The van der Waals surface area contributed by atoms with Crippen LogP contribution in [0.15, 0.2) is 42.5 Å². The zero-order chi connectivity index (χ0) is 18.7. The van der Waals surface area contributed by atoms with Crippen LogP contribution in [0, 0.1) is 15.9 Å². The Balaban J connectivity index is 1.93. The minimum absolute atomic E-state index is 0.0587. The Labute approximate surface area is 151 Å². The van der Waals surface area contributed by atoms with E-state index in [1.807, 2.05) is 0 Å². The second-order valence-electron chi connectivity index (χ2n) is 5.28. The standard InChI is InChI=1S/C18H14FNO5S/c1-2-24-18(21)17-13(16-14(19)4-3-5-15(16)26-17)10-25-12-8-6-11(7-9-12)20(22)23/h3-9H,2,10H2,1H3. The molecule has 2 aromatic carbocycles. The molecule has 0 aliphatic rings. The van der Waals surface area contributed by atoms with Gasteiger partial charge in [0.15, 0.2) is 0 Å². The van der Waals surface area contributed by atoms with E-state index in [2.05, 4.69) is 0 Å². The van der Waals surface area contributed by atoms with Crippen molar-refractivity contribution in [3.63, 3.8) is 0 Å². The first-order chi connectivity index (χ1) is 12.5. The number of carbonyl (C=O) groups excluding carboxylic acids is 1. The molecule has 1 aromatic heterocycles. The highest BCUT2D eigenvalue weighted by molar-refractivity contribution is 7.21. The molecule has 0 unspecified atom stereocenters. The summed E-state index contributed by atoms with van der Waals surface area (Å²) in [5, 5.41) is 11.0. The third kappa shape index (κ3) is 3.50. The maximum Gasteiger partial charge on any atom is 0.348 e. The normalized spacial score (nSPS) is 10.7. The molecule has 3 rings (SSSR count). The number of nitro benzene ring substituents is 1. The van der Waals surface area contributed by atoms with Crippen molar-refractivity contribution in [2.24, 2.45) is 0 Å². The fourth-order valence-electron chi connectivity index (χ4n) is 2.49. The highest BCUT2D eigenvalue weighted by Crippen LogP contribution is 2.34. The molecule has 0 fully saturated rings. The summed E-state index contributed by atoms with van der Waals surface area (Å²) in [7, 11) is 0. The molecule has 0 radical (unpaired) electrons. The highest BCUT2D eigenvalue weighted by atomic mass is 32.1. The lowest BCUT2D eigenvalue weighted by Crippen LogP contribution is -2.07. The fraction of sp³-hybridized carbons (Fsp3) is 0.167. The van der Waals surface area contributed by atoms with Crippen molar-refractivity contribution in [2.45, 2.75) is 13.5 Å². The summed E-state index contributed by atoms with van der Waals surface area (Å²) < 4.78 is 25.6. The van der Waals surface area contributed by atoms with Crippen LogP contribution in [0.2, 0.25) is 0 Å². The van der Waals surface area contributed by atoms with E-state index in [-0.39, 0.29) is 23.8 Å². The van der Waals surface area contributed by atoms with Crippen molar-refractivity contribution in [3.05, 3.63) is 68.8 Å². The maximum absolute atomic E-state index is 14.3. The second-order valence-corrected chi connectivity index (χ2v) is 6.34. The molecule has 0 bridgehead atoms. The van der Waals surface area contributed by atoms with E-state index in [0.29, 0.717) is 21.4 Å². The minimum Gasteiger partial charge on any atom is -0.489 e. The molecule has 0 spiro atoms. The molecule has 1 heterocycles. The summed E-state index contributed by atoms with van der Waals surface area (Å²) in [4.78, 5) is 22.7. The molecule has 0 amide bonds. The Morgan fingerprint density at radius 1 is 1.23 bits per heavy atom. The molecule has 3 aromatic rings. The number of hydrogen-bond acceptors (Lipinski definition) is 6. The van der Waals surface area contributed by atoms with Gasteiger partial charge in [0.25, 0.3) is 5.69 Å². The Morgan fingerprint density at radius 2 is 1.96 bits per heavy atom. The smallest absolute Gasteiger partial charge is 0.348 e. The highest BCUT2D eigenvalue weighted by Gasteiger charge is 2.22. The lowest BCUT2D eigenvalue weighted by atomic mass is 10.1. The Bertz CT molecular complexity index is 968. The Hall–Kier alpha value is -3.00. The first-order valence-electron chi connectivity index (χ1n) is 7.75. The number of hydrogen-bond donors (Lipinski definition) is 0. The van der Waals surface area contributed by atoms with E-state index in [1.165, 1.54) is 30.3 Å². The van der Waals surface area contributed by atoms with Crippen LogP contribution in [0.25, 0.3) is 10.1 Å². The van der Waals surface area contributed by atoms with E-state index in [9.17, 15) is 19.3 Å². The van der Waals surface area contributed by atoms with Crippen LogP contribution in [0.1, 0.15) is 22.2 Å². The first-order valence-corrected chi connectivity index (χ1v) is 8.57. The van der Waals surface area contributed by atoms with Crippen LogP contribution >= 0.6 is 11.3 Å². The van der Waals surface area contributed by atoms with Crippen LogP contribution in [0.3, 0.4) is 0 Å². The lowest BCUT2D eigenvalue weighted by molar-refractivity contribution is -0.384. The fourth-order valence-corrected chi connectivity index (χ4v) is 3.60. The van der Waals surface area contributed by atoms with E-state index >= 15 is 0 Å². The monoisotopic (exact) mass is 375 g/mol. The van der Waals surface area contributed by atoms with E-state index in [1.54, 1.807) is 19.1 Å². The van der Waals surface area contributed by atoms with Gasteiger partial charge < -0.3 is 9.47 Å². The van der Waals surface area contributed by atoms with E-state index in [0.717, 1.165) is 11.3 Å². The first kappa shape index (κ1) is 17.8. The van der Waals surface area contributed by atoms with Gasteiger partial charge in [-0.05, 0) is 31.2 Å². The quantitative estimate of drug-likeness (QED) is 0.354. The molecule has 0 saturated carbocycles. The number of carbonyl (C=O) groups is 1. The average molecular weight is 375 g/mol. The van der Waals surface area contributed by atoms with Gasteiger partial charge in [0.05, 0.1) is 11.5 Å². The number of rotatable bonds is 6. The van der Waals surface area contributed by atoms with Crippen LogP contribution in [0.5, 0.6) is 5.75 Å². The molecule has 8 heteroatoms. The number of thiophene rings is 1. The topological polar surface area (TPSA) is 78.7 Å². The second kappa shape index (κ2) is 7.49. The average Bonchev–Trinajstić information content (AvgIpc) is 3.00. The zero-order valence-corrected chi connectivity index (χ0v) is 14.5. The predicted molar refractivity (Wildman–Crippen MR) is 95.2 cm³/mol. The van der Waals surface area contributed by atoms with Gasteiger partial charge in [-0.25, -0.2) is 9.18 Å². The predicted octanol–water partition coefficient (Wildman–Crippen LogP) is 4.70. The number of esters is 1. The molecule has 0 atom stereocenters. The van der Waals surface area contributed by atoms with Gasteiger partial charge in [-0.1, -0.05) is 6.07 Å². The summed E-state index contributed by atoms with van der Waals surface area (Å²) in [5.41, 5.74) is 0.344. The van der Waals surface area contributed by atoms with Gasteiger partial charge in [-0.15, -0.1) is 11.3 Å². The lowest BCUT2D eigenvalue weighted by Gasteiger charge is -2.08. The van der Waals surface area contributed by atoms with Crippen molar-refractivity contribution >= 4 is 33.1 Å². The van der Waals surface area contributed by atoms with E-state index in [4.69, 9.17) is 9.47 Å². The van der Waals surface area contributed by atoms with Gasteiger partial charge in [0.1, 0.15) is 23.1 Å². The zero-order valence-electron chi connectivity index (χ0n) is 13.7. The van der Waals surface area contributed by atoms with Crippen molar-refractivity contribution in [1.29, 1.82) is 0 Å². The molecule has 6 nitrogen and oxygen atoms in total. The Kier molecular flexibility index (Phi) is 5.13. The van der Waals surface area contributed by atoms with Crippen molar-refractivity contribution in [1.82, 2.24) is 0 Å². The van der Waals surface area contributed by atoms with Crippen molar-refractivity contribution < 1.29 is 23.6 Å². The number of nitrogens with zero attached hydrogens (tertiary/aromatic N) is 1. The van der Waals surface area contributed by atoms with Crippen LogP contribution in [-0.4, -0.2) is 17.5 Å². The van der Waals surface area contributed by atoms with Gasteiger partial charge in [0.2, 0.25) is 0 Å². The van der Waals surface area contributed by atoms with Gasteiger partial charge in [-0.3, -0.25) is 10.1 Å². The summed E-state index contributed by atoms with van der Waals surface area (Å²) in [6, 6.07) is 10.1. The molecular weight excluding hydrogens is 361 g/mol. The van der Waals surface area contributed by atoms with Crippen LogP contribution < -0.4 is 4.74 Å². The molecular formula is C18H14FNO5S. The number of benzene rings is 2. The van der Waals surface area contributed by atoms with Crippen LogP contribution in [-0.2, 0) is 11.3 Å².